The summed E-state index contributed by atoms with van der Waals surface area (Å²) in [6.45, 7) is 0. The van der Waals surface area contributed by atoms with Crippen LogP contribution < -0.4 is 0 Å². The van der Waals surface area contributed by atoms with Crippen LogP contribution in [0.5, 0.6) is 0 Å². The number of nitrogens with zero attached hydrogens (tertiary/aromatic N) is 3. The number of carboxylic acid groups (broad SMARTS) is 1. The summed E-state index contributed by atoms with van der Waals surface area (Å²) in [5, 5.41) is 22.1. The molecule has 0 saturated heterocycles. The molecule has 5 nitrogen and oxygen atoms in total. The molecule has 0 amide bonds. The van der Waals surface area contributed by atoms with Crippen LogP contribution in [0.1, 0.15) is 37.4 Å². The van der Waals surface area contributed by atoms with Gasteiger partial charge in [0.05, 0.1) is 18.2 Å². The largest absolute Gasteiger partial charge is 0.481 e. The maximum absolute atomic E-state index is 11.1. The van der Waals surface area contributed by atoms with Crippen molar-refractivity contribution in [1.29, 1.82) is 5.26 Å². The van der Waals surface area contributed by atoms with Gasteiger partial charge in [0.15, 0.2) is 0 Å². The highest BCUT2D eigenvalue weighted by Crippen LogP contribution is 2.34. The smallest absolute Gasteiger partial charge is 0.308 e. The van der Waals surface area contributed by atoms with Crippen LogP contribution in [0.25, 0.3) is 0 Å². The van der Waals surface area contributed by atoms with Crippen LogP contribution in [0.4, 0.5) is 0 Å². The molecule has 0 aliphatic heterocycles. The molecule has 1 saturated carbocycles. The number of rotatable bonds is 2. The van der Waals surface area contributed by atoms with Gasteiger partial charge in [-0.1, -0.05) is 12.8 Å². The summed E-state index contributed by atoms with van der Waals surface area (Å²) in [5.74, 6) is -1.20. The van der Waals surface area contributed by atoms with E-state index in [1.54, 1.807) is 16.9 Å². The standard InChI is InChI=1S/C11H13N3O2/c12-7-8-5-6-13-14(8)10-4-2-1-3-9(10)11(15)16/h5-6,9-10H,1-4H2,(H,15,16). The van der Waals surface area contributed by atoms with Gasteiger partial charge in [0.1, 0.15) is 11.8 Å². The van der Waals surface area contributed by atoms with E-state index >= 15 is 0 Å². The van der Waals surface area contributed by atoms with Crippen molar-refractivity contribution >= 4 is 5.97 Å². The lowest BCUT2D eigenvalue weighted by Crippen LogP contribution is -2.30. The fourth-order valence-electron chi connectivity index (χ4n) is 2.36. The van der Waals surface area contributed by atoms with Gasteiger partial charge < -0.3 is 5.11 Å². The van der Waals surface area contributed by atoms with E-state index in [-0.39, 0.29) is 6.04 Å². The van der Waals surface area contributed by atoms with E-state index < -0.39 is 11.9 Å². The topological polar surface area (TPSA) is 78.9 Å². The Labute approximate surface area is 93.3 Å². The molecule has 0 bridgehead atoms. The lowest BCUT2D eigenvalue weighted by Gasteiger charge is -2.29. The minimum atomic E-state index is -0.788. The number of carbonyl (C=O) groups is 1. The second-order valence-corrected chi connectivity index (χ2v) is 4.07. The lowest BCUT2D eigenvalue weighted by molar-refractivity contribution is -0.144. The number of aliphatic carboxylic acids is 1. The van der Waals surface area contributed by atoms with Crippen LogP contribution in [0.2, 0.25) is 0 Å². The van der Waals surface area contributed by atoms with Crippen molar-refractivity contribution in [3.8, 4) is 6.07 Å². The summed E-state index contributed by atoms with van der Waals surface area (Å²) in [6.07, 6.45) is 4.94. The molecule has 1 aliphatic carbocycles. The Morgan fingerprint density at radius 2 is 2.31 bits per heavy atom. The van der Waals surface area contributed by atoms with E-state index in [4.69, 9.17) is 10.4 Å². The molecule has 0 radical (unpaired) electrons. The van der Waals surface area contributed by atoms with E-state index in [0.717, 1.165) is 19.3 Å². The molecular weight excluding hydrogens is 206 g/mol. The highest BCUT2D eigenvalue weighted by Gasteiger charge is 2.33. The summed E-state index contributed by atoms with van der Waals surface area (Å²) in [4.78, 5) is 11.1. The monoisotopic (exact) mass is 219 g/mol. The van der Waals surface area contributed by atoms with Gasteiger partial charge in [-0.05, 0) is 18.9 Å². The molecule has 1 fully saturated rings. The molecule has 16 heavy (non-hydrogen) atoms. The predicted octanol–water partition coefficient (Wildman–Crippen LogP) is 1.57. The van der Waals surface area contributed by atoms with Crippen LogP contribution in [-0.4, -0.2) is 20.9 Å². The van der Waals surface area contributed by atoms with E-state index in [1.165, 1.54) is 0 Å². The molecule has 2 unspecified atom stereocenters. The van der Waals surface area contributed by atoms with Crippen molar-refractivity contribution in [1.82, 2.24) is 9.78 Å². The summed E-state index contributed by atoms with van der Waals surface area (Å²) in [5.41, 5.74) is 0.443. The van der Waals surface area contributed by atoms with E-state index in [0.29, 0.717) is 12.1 Å². The predicted molar refractivity (Wildman–Crippen MR) is 55.6 cm³/mol. The molecule has 1 aromatic heterocycles. The van der Waals surface area contributed by atoms with Gasteiger partial charge >= 0.3 is 5.97 Å². The molecule has 2 rings (SSSR count). The molecule has 1 N–H and O–H groups in total. The van der Waals surface area contributed by atoms with Gasteiger partial charge in [-0.25, -0.2) is 0 Å². The maximum Gasteiger partial charge on any atom is 0.308 e. The second kappa shape index (κ2) is 4.35. The summed E-state index contributed by atoms with van der Waals surface area (Å²) in [6, 6.07) is 3.49. The van der Waals surface area contributed by atoms with Crippen molar-refractivity contribution in [2.45, 2.75) is 31.7 Å². The normalized spacial score (nSPS) is 24.9. The molecule has 1 heterocycles. The zero-order valence-corrected chi connectivity index (χ0v) is 8.83. The van der Waals surface area contributed by atoms with E-state index in [9.17, 15) is 4.79 Å². The van der Waals surface area contributed by atoms with Crippen LogP contribution in [0.15, 0.2) is 12.3 Å². The zero-order valence-electron chi connectivity index (χ0n) is 8.83. The minimum absolute atomic E-state index is 0.170. The number of carboxylic acids is 1. The van der Waals surface area contributed by atoms with Gasteiger partial charge in [0.25, 0.3) is 0 Å². The molecule has 84 valence electrons. The molecular formula is C11H13N3O2. The summed E-state index contributed by atoms with van der Waals surface area (Å²) in [7, 11) is 0. The Balaban J connectivity index is 2.31. The molecule has 1 aromatic rings. The second-order valence-electron chi connectivity index (χ2n) is 4.07. The van der Waals surface area contributed by atoms with Gasteiger partial charge in [-0.2, -0.15) is 10.4 Å². The fourth-order valence-corrected chi connectivity index (χ4v) is 2.36. The third-order valence-corrected chi connectivity index (χ3v) is 3.15. The Hall–Kier alpha value is -1.83. The quantitative estimate of drug-likeness (QED) is 0.818. The van der Waals surface area contributed by atoms with Gasteiger partial charge in [0, 0.05) is 0 Å². The SMILES string of the molecule is N#Cc1ccnn1C1CCCCC1C(=O)O. The van der Waals surface area contributed by atoms with Crippen LogP contribution in [-0.2, 0) is 4.79 Å². The fraction of sp³-hybridized carbons (Fsp3) is 0.545. The molecule has 5 heteroatoms. The number of hydrogen-bond donors (Lipinski definition) is 1. The molecule has 1 aliphatic rings. The maximum atomic E-state index is 11.1. The van der Waals surface area contributed by atoms with Crippen molar-refractivity contribution in [3.05, 3.63) is 18.0 Å². The molecule has 0 aromatic carbocycles. The first-order valence-electron chi connectivity index (χ1n) is 5.40. The molecule has 0 spiro atoms. The Kier molecular flexibility index (Phi) is 2.91. The molecule has 2 atom stereocenters. The van der Waals surface area contributed by atoms with Crippen LogP contribution >= 0.6 is 0 Å². The number of aromatic nitrogens is 2. The number of nitriles is 1. The highest BCUT2D eigenvalue weighted by atomic mass is 16.4. The third kappa shape index (κ3) is 1.78. The average molecular weight is 219 g/mol. The average Bonchev–Trinajstić information content (AvgIpc) is 2.76. The Morgan fingerprint density at radius 3 is 3.00 bits per heavy atom. The van der Waals surface area contributed by atoms with Crippen LogP contribution in [0.3, 0.4) is 0 Å². The van der Waals surface area contributed by atoms with E-state index in [2.05, 4.69) is 5.10 Å². The Bertz CT molecular complexity index is 433. The minimum Gasteiger partial charge on any atom is -0.481 e. The number of hydrogen-bond acceptors (Lipinski definition) is 3. The van der Waals surface area contributed by atoms with Gasteiger partial charge in [-0.15, -0.1) is 0 Å². The van der Waals surface area contributed by atoms with Crippen molar-refractivity contribution in [2.24, 2.45) is 5.92 Å². The van der Waals surface area contributed by atoms with Gasteiger partial charge in [-0.3, -0.25) is 9.48 Å². The summed E-state index contributed by atoms with van der Waals surface area (Å²) >= 11 is 0. The van der Waals surface area contributed by atoms with Gasteiger partial charge in [0.2, 0.25) is 0 Å². The highest BCUT2D eigenvalue weighted by molar-refractivity contribution is 5.70. The van der Waals surface area contributed by atoms with Crippen molar-refractivity contribution < 1.29 is 9.90 Å². The van der Waals surface area contributed by atoms with Crippen LogP contribution in [0, 0.1) is 17.2 Å². The van der Waals surface area contributed by atoms with E-state index in [1.807, 2.05) is 6.07 Å². The lowest BCUT2D eigenvalue weighted by atomic mass is 9.84. The zero-order chi connectivity index (χ0) is 11.5. The third-order valence-electron chi connectivity index (χ3n) is 3.15. The summed E-state index contributed by atoms with van der Waals surface area (Å²) < 4.78 is 1.57. The first-order valence-corrected chi connectivity index (χ1v) is 5.40. The van der Waals surface area contributed by atoms with Crippen molar-refractivity contribution in [2.75, 3.05) is 0 Å². The first kappa shape index (κ1) is 10.7. The first-order chi connectivity index (χ1) is 7.74. The van der Waals surface area contributed by atoms with Crippen molar-refractivity contribution in [3.63, 3.8) is 0 Å². The Morgan fingerprint density at radius 1 is 1.56 bits per heavy atom.